The molecule has 0 aliphatic carbocycles. The van der Waals surface area contributed by atoms with Gasteiger partial charge in [0.2, 0.25) is 0 Å². The summed E-state index contributed by atoms with van der Waals surface area (Å²) in [5.74, 6) is 0. The first-order chi connectivity index (χ1) is 12.9. The van der Waals surface area contributed by atoms with Crippen LogP contribution in [0.5, 0.6) is 0 Å². The fourth-order valence-corrected chi connectivity index (χ4v) is 16.7. The van der Waals surface area contributed by atoms with Crippen molar-refractivity contribution in [1.29, 1.82) is 0 Å². The molecule has 3 saturated heterocycles. The first kappa shape index (κ1) is 22.9. The molecule has 162 valence electrons. The average Bonchev–Trinajstić information content (AvgIpc) is 2.70. The second-order valence-electron chi connectivity index (χ2n) is 10.2. The number of rotatable bonds is 4. The molecule has 2 bridgehead atoms. The molecular weight excluding hydrogens is 389 g/mol. The maximum Gasteiger partial charge on any atom is 0.335 e. The molecule has 28 heavy (non-hydrogen) atoms. The molecule has 3 heterocycles. The van der Waals surface area contributed by atoms with Gasteiger partial charge in [-0.2, -0.15) is 5.06 Å². The van der Waals surface area contributed by atoms with Crippen molar-refractivity contribution in [2.75, 3.05) is 20.2 Å². The van der Waals surface area contributed by atoms with E-state index in [1.165, 1.54) is 0 Å². The van der Waals surface area contributed by atoms with Crippen molar-refractivity contribution in [1.82, 2.24) is 5.06 Å². The Morgan fingerprint density at radius 1 is 0.929 bits per heavy atom. The Labute approximate surface area is 174 Å². The summed E-state index contributed by atoms with van der Waals surface area (Å²) in [6, 6.07) is -0.0307. The normalized spacial score (nSPS) is 38.1. The van der Waals surface area contributed by atoms with Gasteiger partial charge >= 0.3 is 17.1 Å². The van der Waals surface area contributed by atoms with E-state index in [0.29, 0.717) is 35.3 Å². The molecule has 0 aromatic carbocycles. The third-order valence-electron chi connectivity index (χ3n) is 6.88. The summed E-state index contributed by atoms with van der Waals surface area (Å²) in [6.07, 6.45) is -0.274. The summed E-state index contributed by atoms with van der Waals surface area (Å²) in [5.41, 5.74) is 0.793. The third-order valence-corrected chi connectivity index (χ3v) is 17.1. The maximum absolute atomic E-state index is 7.25. The number of ether oxygens (including phenoxy) is 1. The Bertz CT molecular complexity index is 559. The lowest BCUT2D eigenvalue weighted by Gasteiger charge is -2.55. The van der Waals surface area contributed by atoms with Crippen LogP contribution in [0.2, 0.25) is 22.2 Å². The average molecular weight is 430 g/mol. The molecule has 0 aromatic heterocycles. The smallest absolute Gasteiger partial charge is 0.335 e. The van der Waals surface area contributed by atoms with E-state index < -0.39 is 22.7 Å². The van der Waals surface area contributed by atoms with Crippen LogP contribution in [-0.2, 0) is 22.5 Å². The summed E-state index contributed by atoms with van der Waals surface area (Å²) >= 11 is 0. The summed E-state index contributed by atoms with van der Waals surface area (Å²) in [4.78, 5) is 6.16. The van der Waals surface area contributed by atoms with Crippen molar-refractivity contribution in [2.24, 2.45) is 0 Å². The zero-order chi connectivity index (χ0) is 21.1. The van der Waals surface area contributed by atoms with Gasteiger partial charge in [0.15, 0.2) is 0 Å². The van der Waals surface area contributed by atoms with Crippen molar-refractivity contribution < 1.29 is 22.5 Å². The van der Waals surface area contributed by atoms with E-state index in [1.807, 2.05) is 12.1 Å². The Kier molecular flexibility index (Phi) is 6.34. The van der Waals surface area contributed by atoms with Crippen molar-refractivity contribution >= 4 is 25.0 Å². The van der Waals surface area contributed by atoms with Crippen LogP contribution in [0.1, 0.15) is 55.4 Å². The molecular formula is C19H40BNO5Si2. The molecule has 1 unspecified atom stereocenters. The van der Waals surface area contributed by atoms with Crippen LogP contribution in [0, 0.1) is 0 Å². The highest BCUT2D eigenvalue weighted by atomic mass is 28.5. The minimum absolute atomic E-state index is 0.0307. The van der Waals surface area contributed by atoms with E-state index in [-0.39, 0.29) is 18.2 Å². The van der Waals surface area contributed by atoms with Gasteiger partial charge in [-0.05, 0) is 22.2 Å². The van der Waals surface area contributed by atoms with E-state index in [0.717, 1.165) is 0 Å². The maximum atomic E-state index is 7.25. The van der Waals surface area contributed by atoms with E-state index in [4.69, 9.17) is 22.5 Å². The molecule has 6 nitrogen and oxygen atoms in total. The number of hydroxylamine groups is 2. The summed E-state index contributed by atoms with van der Waals surface area (Å²) in [7, 11) is -1.11. The van der Waals surface area contributed by atoms with Gasteiger partial charge in [0.1, 0.15) is 25.7 Å². The van der Waals surface area contributed by atoms with Crippen LogP contribution in [0.15, 0.2) is 0 Å². The van der Waals surface area contributed by atoms with Crippen molar-refractivity contribution in [3.63, 3.8) is 0 Å². The Hall–Kier alpha value is 0.259. The van der Waals surface area contributed by atoms with Gasteiger partial charge in [0, 0.05) is 7.05 Å². The van der Waals surface area contributed by atoms with Crippen LogP contribution >= 0.6 is 0 Å². The Morgan fingerprint density at radius 2 is 1.46 bits per heavy atom. The van der Waals surface area contributed by atoms with Gasteiger partial charge in [0.25, 0.3) is 0 Å². The lowest BCUT2D eigenvalue weighted by Crippen LogP contribution is -2.71. The zero-order valence-electron chi connectivity index (χ0n) is 19.4. The van der Waals surface area contributed by atoms with Gasteiger partial charge in [-0.1, -0.05) is 55.4 Å². The second kappa shape index (κ2) is 7.75. The van der Waals surface area contributed by atoms with Crippen LogP contribution < -0.4 is 0 Å². The summed E-state index contributed by atoms with van der Waals surface area (Å²) in [5, 5.41) is 1.90. The molecule has 0 spiro atoms. The van der Waals surface area contributed by atoms with Gasteiger partial charge in [0.05, 0.1) is 19.2 Å². The largest absolute Gasteiger partial charge is 0.414 e. The fraction of sp³-hybridized carbons (Fsp3) is 1.00. The molecule has 3 aliphatic rings. The molecule has 3 aliphatic heterocycles. The second-order valence-corrected chi connectivity index (χ2v) is 19.1. The summed E-state index contributed by atoms with van der Waals surface area (Å²) in [6.45, 7) is 19.2. The molecule has 4 atom stereocenters. The number of hydrogen-bond donors (Lipinski definition) is 0. The standard InChI is InChI=1S/C19H40BNO5Si2/c1-12(2)27(13(3)4)22-11-19-10-21(9)24-16(18(20)23-19)17(19)25-28(26-27,14(5)6)15(7)8/h12-18H,10-11,20H2,1-9H3/t16?,17-,18-,19-/m1/s1. The fourth-order valence-electron chi connectivity index (χ4n) is 5.42. The van der Waals surface area contributed by atoms with Gasteiger partial charge in [-0.3, -0.25) is 4.84 Å². The van der Waals surface area contributed by atoms with E-state index >= 15 is 0 Å². The SMILES string of the molecule is B[C@@H]1O[C@]23CO[Si](C(C)C)(C(C)C)O[Si](C(C)C)(C(C)C)O[C@@H]2C1ON(C)C3. The van der Waals surface area contributed by atoms with E-state index in [2.05, 4.69) is 63.2 Å². The molecule has 0 radical (unpaired) electrons. The highest BCUT2D eigenvalue weighted by Gasteiger charge is 2.67. The topological polar surface area (TPSA) is 49.4 Å². The molecule has 3 fully saturated rings. The minimum atomic E-state index is -2.63. The Morgan fingerprint density at radius 3 is 1.96 bits per heavy atom. The van der Waals surface area contributed by atoms with Gasteiger partial charge in [-0.15, -0.1) is 0 Å². The van der Waals surface area contributed by atoms with Crippen LogP contribution in [0.4, 0.5) is 0 Å². The lowest BCUT2D eigenvalue weighted by molar-refractivity contribution is -0.256. The van der Waals surface area contributed by atoms with Crippen molar-refractivity contribution in [2.45, 2.75) is 101 Å². The molecule has 0 amide bonds. The summed E-state index contributed by atoms with van der Waals surface area (Å²) < 4.78 is 27.9. The molecule has 3 rings (SSSR count). The predicted octanol–water partition coefficient (Wildman–Crippen LogP) is 2.92. The molecule has 0 aromatic rings. The first-order valence-corrected chi connectivity index (χ1v) is 14.9. The lowest BCUT2D eigenvalue weighted by atomic mass is 9.88. The highest BCUT2D eigenvalue weighted by molar-refractivity contribution is 6.84. The van der Waals surface area contributed by atoms with E-state index in [9.17, 15) is 0 Å². The zero-order valence-corrected chi connectivity index (χ0v) is 21.4. The third kappa shape index (κ3) is 3.39. The minimum Gasteiger partial charge on any atom is -0.414 e. The number of hydrogen-bond acceptors (Lipinski definition) is 6. The first-order valence-electron chi connectivity index (χ1n) is 11.0. The number of likely N-dealkylation sites (N-methyl/N-ethyl adjacent to an activating group) is 1. The van der Waals surface area contributed by atoms with Crippen molar-refractivity contribution in [3.05, 3.63) is 0 Å². The van der Waals surface area contributed by atoms with Gasteiger partial charge < -0.3 is 17.7 Å². The predicted molar refractivity (Wildman–Crippen MR) is 117 cm³/mol. The van der Waals surface area contributed by atoms with E-state index in [1.54, 1.807) is 0 Å². The molecule has 0 saturated carbocycles. The number of nitrogens with zero attached hydrogens (tertiary/aromatic N) is 1. The molecule has 9 heteroatoms. The van der Waals surface area contributed by atoms with Crippen LogP contribution in [0.3, 0.4) is 0 Å². The van der Waals surface area contributed by atoms with Crippen molar-refractivity contribution in [3.8, 4) is 0 Å². The van der Waals surface area contributed by atoms with Crippen LogP contribution in [-0.4, -0.2) is 74.0 Å². The van der Waals surface area contributed by atoms with Gasteiger partial charge in [-0.25, -0.2) is 0 Å². The quantitative estimate of drug-likeness (QED) is 0.641. The van der Waals surface area contributed by atoms with Crippen LogP contribution in [0.25, 0.3) is 0 Å². The monoisotopic (exact) mass is 429 g/mol. The highest BCUT2D eigenvalue weighted by Crippen LogP contribution is 2.51. The Balaban J connectivity index is 2.14. The molecule has 0 N–H and O–H groups in total.